The van der Waals surface area contributed by atoms with E-state index in [4.69, 9.17) is 14.2 Å². The zero-order chi connectivity index (χ0) is 22.9. The number of ether oxygens (including phenoxy) is 3. The van der Waals surface area contributed by atoms with Crippen LogP contribution in [0.15, 0.2) is 66.7 Å². The molecule has 7 nitrogen and oxygen atoms in total. The Morgan fingerprint density at radius 1 is 0.875 bits per heavy atom. The normalized spacial score (nSPS) is 10.2. The van der Waals surface area contributed by atoms with Crippen molar-refractivity contribution >= 4 is 23.2 Å². The van der Waals surface area contributed by atoms with E-state index in [-0.39, 0.29) is 12.5 Å². The van der Waals surface area contributed by atoms with Gasteiger partial charge < -0.3 is 24.8 Å². The number of nitrogens with one attached hydrogen (secondary N) is 2. The maximum Gasteiger partial charge on any atom is 0.262 e. The van der Waals surface area contributed by atoms with E-state index in [1.165, 1.54) is 37.4 Å². The molecule has 0 saturated heterocycles. The Morgan fingerprint density at radius 2 is 1.62 bits per heavy atom. The molecule has 0 aliphatic heterocycles. The number of amides is 2. The smallest absolute Gasteiger partial charge is 0.262 e. The second kappa shape index (κ2) is 10.8. The fraction of sp³-hybridized carbons (Fsp3) is 0.167. The fourth-order valence-corrected chi connectivity index (χ4v) is 2.85. The van der Waals surface area contributed by atoms with E-state index in [9.17, 15) is 14.0 Å². The molecule has 3 aromatic rings. The van der Waals surface area contributed by atoms with Crippen LogP contribution < -0.4 is 24.8 Å². The number of carbonyl (C=O) groups is 2. The van der Waals surface area contributed by atoms with Gasteiger partial charge in [0.2, 0.25) is 0 Å². The molecule has 0 heterocycles. The van der Waals surface area contributed by atoms with Crippen molar-refractivity contribution in [3.63, 3.8) is 0 Å². The molecule has 166 valence electrons. The molecule has 3 aromatic carbocycles. The lowest BCUT2D eigenvalue weighted by Gasteiger charge is -2.14. The van der Waals surface area contributed by atoms with Gasteiger partial charge in [-0.15, -0.1) is 0 Å². The molecule has 8 heteroatoms. The number of rotatable bonds is 9. The highest BCUT2D eigenvalue weighted by atomic mass is 19.1. The number of anilines is 2. The van der Waals surface area contributed by atoms with Crippen molar-refractivity contribution in [3.05, 3.63) is 78.1 Å². The highest BCUT2D eigenvalue weighted by molar-refractivity contribution is 6.05. The van der Waals surface area contributed by atoms with Crippen LogP contribution >= 0.6 is 0 Å². The monoisotopic (exact) mass is 438 g/mol. The van der Waals surface area contributed by atoms with Crippen LogP contribution in [0.5, 0.6) is 17.2 Å². The van der Waals surface area contributed by atoms with Crippen molar-refractivity contribution in [2.75, 3.05) is 31.0 Å². The second-order valence-corrected chi connectivity index (χ2v) is 6.59. The Balaban J connectivity index is 1.64. The first-order chi connectivity index (χ1) is 15.5. The summed E-state index contributed by atoms with van der Waals surface area (Å²) >= 11 is 0. The van der Waals surface area contributed by atoms with Crippen LogP contribution in [-0.4, -0.2) is 32.1 Å². The molecular weight excluding hydrogens is 415 g/mol. The first kappa shape index (κ1) is 22.6. The van der Waals surface area contributed by atoms with Crippen molar-refractivity contribution in [1.29, 1.82) is 0 Å². The minimum Gasteiger partial charge on any atom is -0.493 e. The summed E-state index contributed by atoms with van der Waals surface area (Å²) in [5.74, 6) is -0.000610. The number of benzene rings is 3. The Morgan fingerprint density at radius 3 is 2.34 bits per heavy atom. The molecule has 2 N–H and O–H groups in total. The summed E-state index contributed by atoms with van der Waals surface area (Å²) in [6.45, 7) is 2.05. The summed E-state index contributed by atoms with van der Waals surface area (Å²) in [5.41, 5.74) is 1.35. The maximum absolute atomic E-state index is 13.0. The van der Waals surface area contributed by atoms with E-state index in [1.54, 1.807) is 30.3 Å². The first-order valence-corrected chi connectivity index (χ1v) is 9.89. The predicted octanol–water partition coefficient (Wildman–Crippen LogP) is 4.50. The molecule has 3 rings (SSSR count). The third kappa shape index (κ3) is 5.98. The van der Waals surface area contributed by atoms with Gasteiger partial charge in [0.15, 0.2) is 18.1 Å². The number of carbonyl (C=O) groups excluding carboxylic acids is 2. The van der Waals surface area contributed by atoms with Gasteiger partial charge in [0.05, 0.1) is 19.4 Å². The summed E-state index contributed by atoms with van der Waals surface area (Å²) in [6, 6.07) is 17.2. The van der Waals surface area contributed by atoms with Crippen LogP contribution in [0.25, 0.3) is 0 Å². The minimum atomic E-state index is -0.423. The van der Waals surface area contributed by atoms with Gasteiger partial charge in [0.1, 0.15) is 11.6 Å². The van der Waals surface area contributed by atoms with Gasteiger partial charge in [-0.2, -0.15) is 0 Å². The van der Waals surface area contributed by atoms with E-state index >= 15 is 0 Å². The average Bonchev–Trinajstić information content (AvgIpc) is 2.80. The van der Waals surface area contributed by atoms with Gasteiger partial charge in [0, 0.05) is 11.3 Å². The number of hydrogen-bond donors (Lipinski definition) is 2. The van der Waals surface area contributed by atoms with Crippen LogP contribution in [0.1, 0.15) is 17.3 Å². The lowest BCUT2D eigenvalue weighted by Crippen LogP contribution is -2.20. The van der Waals surface area contributed by atoms with Crippen molar-refractivity contribution in [3.8, 4) is 17.2 Å². The summed E-state index contributed by atoms with van der Waals surface area (Å²) in [7, 11) is 1.44. The Bertz CT molecular complexity index is 1090. The molecule has 0 aromatic heterocycles. The molecule has 0 fully saturated rings. The summed E-state index contributed by atoms with van der Waals surface area (Å²) in [4.78, 5) is 24.8. The minimum absolute atomic E-state index is 0.291. The van der Waals surface area contributed by atoms with Crippen LogP contribution in [0, 0.1) is 5.82 Å². The topological polar surface area (TPSA) is 85.9 Å². The molecule has 0 aliphatic carbocycles. The van der Waals surface area contributed by atoms with Crippen LogP contribution in [-0.2, 0) is 4.79 Å². The molecule has 2 amide bonds. The second-order valence-electron chi connectivity index (χ2n) is 6.59. The molecule has 0 saturated carbocycles. The van der Waals surface area contributed by atoms with Gasteiger partial charge >= 0.3 is 0 Å². The Hall–Kier alpha value is -4.07. The first-order valence-electron chi connectivity index (χ1n) is 9.89. The third-order valence-electron chi connectivity index (χ3n) is 4.35. The number of hydrogen-bond acceptors (Lipinski definition) is 5. The van der Waals surface area contributed by atoms with Crippen molar-refractivity contribution < 1.29 is 28.2 Å². The number of halogens is 1. The molecule has 0 radical (unpaired) electrons. The van der Waals surface area contributed by atoms with Gasteiger partial charge in [-0.05, 0) is 61.5 Å². The molecule has 0 bridgehead atoms. The van der Waals surface area contributed by atoms with Gasteiger partial charge in [-0.25, -0.2) is 4.39 Å². The molecule has 0 spiro atoms. The molecular formula is C24H23FN2O5. The molecule has 32 heavy (non-hydrogen) atoms. The maximum atomic E-state index is 13.0. The van der Waals surface area contributed by atoms with Crippen LogP contribution in [0.3, 0.4) is 0 Å². The van der Waals surface area contributed by atoms with Crippen molar-refractivity contribution in [1.82, 2.24) is 0 Å². The van der Waals surface area contributed by atoms with Gasteiger partial charge in [-0.3, -0.25) is 9.59 Å². The van der Waals surface area contributed by atoms with E-state index in [0.29, 0.717) is 40.8 Å². The van der Waals surface area contributed by atoms with Gasteiger partial charge in [0.25, 0.3) is 11.8 Å². The van der Waals surface area contributed by atoms with Crippen LogP contribution in [0.2, 0.25) is 0 Å². The average molecular weight is 438 g/mol. The molecule has 0 aliphatic rings. The quantitative estimate of drug-likeness (QED) is 0.514. The predicted molar refractivity (Wildman–Crippen MR) is 119 cm³/mol. The standard InChI is InChI=1S/C24H23FN2O5/c1-3-31-20-7-5-4-6-19(20)27-24(29)16-8-13-21(22(14-16)30-2)32-15-23(28)26-18-11-9-17(25)10-12-18/h4-14H,3,15H2,1-2H3,(H,26,28)(H,27,29). The third-order valence-corrected chi connectivity index (χ3v) is 4.35. The fourth-order valence-electron chi connectivity index (χ4n) is 2.85. The van der Waals surface area contributed by atoms with E-state index in [1.807, 2.05) is 13.0 Å². The molecule has 0 atom stereocenters. The van der Waals surface area contributed by atoms with Gasteiger partial charge in [-0.1, -0.05) is 12.1 Å². The van der Waals surface area contributed by atoms with E-state index in [2.05, 4.69) is 10.6 Å². The zero-order valence-corrected chi connectivity index (χ0v) is 17.7. The van der Waals surface area contributed by atoms with Crippen LogP contribution in [0.4, 0.5) is 15.8 Å². The largest absolute Gasteiger partial charge is 0.493 e. The summed E-state index contributed by atoms with van der Waals surface area (Å²) in [5, 5.41) is 5.41. The highest BCUT2D eigenvalue weighted by Crippen LogP contribution is 2.29. The summed E-state index contributed by atoms with van der Waals surface area (Å²) in [6.07, 6.45) is 0. The Labute approximate surface area is 185 Å². The highest BCUT2D eigenvalue weighted by Gasteiger charge is 2.14. The summed E-state index contributed by atoms with van der Waals surface area (Å²) < 4.78 is 29.3. The van der Waals surface area contributed by atoms with E-state index in [0.717, 1.165) is 0 Å². The number of para-hydroxylation sites is 2. The SMILES string of the molecule is CCOc1ccccc1NC(=O)c1ccc(OCC(=O)Nc2ccc(F)cc2)c(OC)c1. The van der Waals surface area contributed by atoms with E-state index < -0.39 is 11.7 Å². The number of methoxy groups -OCH3 is 1. The Kier molecular flexibility index (Phi) is 7.64. The van der Waals surface area contributed by atoms with Crippen molar-refractivity contribution in [2.45, 2.75) is 6.92 Å². The van der Waals surface area contributed by atoms with Crippen molar-refractivity contribution in [2.24, 2.45) is 0 Å². The lowest BCUT2D eigenvalue weighted by molar-refractivity contribution is -0.118. The zero-order valence-electron chi connectivity index (χ0n) is 17.7. The molecule has 0 unspecified atom stereocenters. The lowest BCUT2D eigenvalue weighted by atomic mass is 10.1.